The van der Waals surface area contributed by atoms with Gasteiger partial charge in [-0.25, -0.2) is 4.98 Å². The summed E-state index contributed by atoms with van der Waals surface area (Å²) in [6, 6.07) is 16.8. The highest BCUT2D eigenvalue weighted by Crippen LogP contribution is 2.22. The highest BCUT2D eigenvalue weighted by Gasteiger charge is 2.06. The molecule has 24 heavy (non-hydrogen) atoms. The number of nitrogens with zero attached hydrogens (tertiary/aromatic N) is 1. The number of imidazole rings is 1. The first-order valence-corrected chi connectivity index (χ1v) is 8.86. The second-order valence-electron chi connectivity index (χ2n) is 5.08. The van der Waals surface area contributed by atoms with E-state index in [1.54, 1.807) is 30.1 Å². The smallest absolute Gasteiger partial charge is 0.251 e. The van der Waals surface area contributed by atoms with Crippen molar-refractivity contribution in [1.29, 1.82) is 0 Å². The Morgan fingerprint density at radius 2 is 1.88 bits per heavy atom. The predicted molar refractivity (Wildman–Crippen MR) is 98.5 cm³/mol. The summed E-state index contributed by atoms with van der Waals surface area (Å²) in [5.41, 5.74) is 2.66. The Balaban J connectivity index is 1.47. The van der Waals surface area contributed by atoms with Gasteiger partial charge in [-0.15, -0.1) is 0 Å². The van der Waals surface area contributed by atoms with Crippen molar-refractivity contribution < 1.29 is 4.79 Å². The van der Waals surface area contributed by atoms with Gasteiger partial charge >= 0.3 is 0 Å². The van der Waals surface area contributed by atoms with E-state index in [0.29, 0.717) is 17.1 Å². The molecule has 122 valence electrons. The van der Waals surface area contributed by atoms with E-state index in [-0.39, 0.29) is 5.91 Å². The van der Waals surface area contributed by atoms with Crippen molar-refractivity contribution in [2.24, 2.45) is 0 Å². The lowest BCUT2D eigenvalue weighted by atomic mass is 10.2. The van der Waals surface area contributed by atoms with E-state index in [0.717, 1.165) is 22.2 Å². The number of nitrogens with one attached hydrogen (secondary N) is 2. The molecule has 0 saturated heterocycles. The van der Waals surface area contributed by atoms with Gasteiger partial charge in [0, 0.05) is 22.9 Å². The summed E-state index contributed by atoms with van der Waals surface area (Å²) in [6.45, 7) is 0.579. The number of rotatable bonds is 6. The second kappa shape index (κ2) is 8.04. The number of aromatic amines is 1. The van der Waals surface area contributed by atoms with Gasteiger partial charge in [-0.1, -0.05) is 53.7 Å². The summed E-state index contributed by atoms with van der Waals surface area (Å²) in [6.07, 6.45) is 1.80. The molecule has 6 heteroatoms. The van der Waals surface area contributed by atoms with E-state index in [9.17, 15) is 4.79 Å². The number of thioether (sulfide) groups is 1. The van der Waals surface area contributed by atoms with Crippen molar-refractivity contribution in [3.63, 3.8) is 0 Å². The zero-order chi connectivity index (χ0) is 16.8. The minimum atomic E-state index is -0.0579. The molecule has 3 aromatic rings. The van der Waals surface area contributed by atoms with Crippen molar-refractivity contribution in [2.75, 3.05) is 12.3 Å². The van der Waals surface area contributed by atoms with Crippen LogP contribution in [-0.4, -0.2) is 28.2 Å². The Morgan fingerprint density at radius 1 is 1.12 bits per heavy atom. The highest BCUT2D eigenvalue weighted by molar-refractivity contribution is 7.99. The number of amides is 1. The molecule has 0 aliphatic heterocycles. The fourth-order valence-electron chi connectivity index (χ4n) is 2.16. The van der Waals surface area contributed by atoms with Gasteiger partial charge in [-0.05, 0) is 29.8 Å². The van der Waals surface area contributed by atoms with Gasteiger partial charge in [0.05, 0.1) is 11.9 Å². The summed E-state index contributed by atoms with van der Waals surface area (Å²) in [5, 5.41) is 4.44. The third-order valence-corrected chi connectivity index (χ3v) is 4.51. The number of halogens is 1. The molecule has 0 spiro atoms. The van der Waals surface area contributed by atoms with E-state index in [1.165, 1.54) is 0 Å². The molecule has 4 nitrogen and oxygen atoms in total. The van der Waals surface area contributed by atoms with Crippen LogP contribution in [0.5, 0.6) is 0 Å². The fraction of sp³-hybridized carbons (Fsp3) is 0.111. The average molecular weight is 358 g/mol. The van der Waals surface area contributed by atoms with Crippen LogP contribution in [0.2, 0.25) is 5.02 Å². The van der Waals surface area contributed by atoms with Crippen molar-refractivity contribution >= 4 is 29.3 Å². The Morgan fingerprint density at radius 3 is 2.62 bits per heavy atom. The van der Waals surface area contributed by atoms with Crippen LogP contribution in [-0.2, 0) is 0 Å². The van der Waals surface area contributed by atoms with Crippen molar-refractivity contribution in [3.8, 4) is 11.3 Å². The van der Waals surface area contributed by atoms with Crippen LogP contribution < -0.4 is 5.32 Å². The lowest BCUT2D eigenvalue weighted by molar-refractivity contribution is 0.0956. The molecule has 0 aliphatic rings. The number of benzene rings is 2. The molecule has 1 aromatic heterocycles. The van der Waals surface area contributed by atoms with Gasteiger partial charge in [0.25, 0.3) is 5.91 Å². The van der Waals surface area contributed by atoms with E-state index >= 15 is 0 Å². The molecule has 1 amide bonds. The van der Waals surface area contributed by atoms with Crippen molar-refractivity contribution in [1.82, 2.24) is 15.3 Å². The molecule has 0 bridgehead atoms. The molecular formula is C18H16ClN3OS. The first kappa shape index (κ1) is 16.6. The van der Waals surface area contributed by atoms with E-state index in [1.807, 2.05) is 42.5 Å². The topological polar surface area (TPSA) is 57.8 Å². The standard InChI is InChI=1S/C18H16ClN3OS/c19-15-8-6-13(7-9-15)16-12-21-18(22-16)24-11-10-20-17(23)14-4-2-1-3-5-14/h1-9,12H,10-11H2,(H,20,23)(H,21,22). The van der Waals surface area contributed by atoms with E-state index < -0.39 is 0 Å². The van der Waals surface area contributed by atoms with Gasteiger partial charge in [-0.3, -0.25) is 4.79 Å². The molecule has 1 heterocycles. The fourth-order valence-corrected chi connectivity index (χ4v) is 2.99. The molecule has 0 unspecified atom stereocenters. The summed E-state index contributed by atoms with van der Waals surface area (Å²) in [5.74, 6) is 0.684. The van der Waals surface area contributed by atoms with Crippen LogP contribution in [0.25, 0.3) is 11.3 Å². The van der Waals surface area contributed by atoms with Crippen LogP contribution in [0.3, 0.4) is 0 Å². The molecule has 0 aliphatic carbocycles. The maximum atomic E-state index is 11.9. The number of hydrogen-bond acceptors (Lipinski definition) is 3. The summed E-state index contributed by atoms with van der Waals surface area (Å²) in [7, 11) is 0. The monoisotopic (exact) mass is 357 g/mol. The number of hydrogen-bond donors (Lipinski definition) is 2. The first-order valence-electron chi connectivity index (χ1n) is 7.49. The number of H-pyrrole nitrogens is 1. The quantitative estimate of drug-likeness (QED) is 0.512. The molecule has 2 aromatic carbocycles. The lowest BCUT2D eigenvalue weighted by Gasteiger charge is -2.04. The predicted octanol–water partition coefficient (Wildman–Crippen LogP) is 4.25. The molecule has 3 rings (SSSR count). The summed E-state index contributed by atoms with van der Waals surface area (Å²) in [4.78, 5) is 19.5. The Hall–Kier alpha value is -2.24. The van der Waals surface area contributed by atoms with Gasteiger partial charge in [0.2, 0.25) is 0 Å². The molecule has 0 radical (unpaired) electrons. The highest BCUT2D eigenvalue weighted by atomic mass is 35.5. The maximum absolute atomic E-state index is 11.9. The number of carbonyl (C=O) groups excluding carboxylic acids is 1. The summed E-state index contributed by atoms with van der Waals surface area (Å²) < 4.78 is 0. The van der Waals surface area contributed by atoms with Crippen LogP contribution in [0.4, 0.5) is 0 Å². The number of aromatic nitrogens is 2. The second-order valence-corrected chi connectivity index (χ2v) is 6.60. The van der Waals surface area contributed by atoms with Crippen LogP contribution in [0.15, 0.2) is 66.0 Å². The SMILES string of the molecule is O=C(NCCSc1ncc(-c2ccc(Cl)cc2)[nH]1)c1ccccc1. The number of carbonyl (C=O) groups is 1. The minimum absolute atomic E-state index is 0.0579. The molecule has 0 saturated carbocycles. The zero-order valence-electron chi connectivity index (χ0n) is 12.8. The van der Waals surface area contributed by atoms with Crippen LogP contribution >= 0.6 is 23.4 Å². The lowest BCUT2D eigenvalue weighted by Crippen LogP contribution is -2.25. The van der Waals surface area contributed by atoms with Gasteiger partial charge < -0.3 is 10.3 Å². The summed E-state index contributed by atoms with van der Waals surface area (Å²) >= 11 is 7.46. The van der Waals surface area contributed by atoms with Crippen molar-refractivity contribution in [3.05, 3.63) is 71.4 Å². The average Bonchev–Trinajstić information content (AvgIpc) is 3.09. The molecule has 0 atom stereocenters. The molecule has 2 N–H and O–H groups in total. The first-order chi connectivity index (χ1) is 11.7. The normalized spacial score (nSPS) is 10.5. The Kier molecular flexibility index (Phi) is 5.56. The van der Waals surface area contributed by atoms with Crippen molar-refractivity contribution in [2.45, 2.75) is 5.16 Å². The van der Waals surface area contributed by atoms with Gasteiger partial charge in [0.15, 0.2) is 5.16 Å². The van der Waals surface area contributed by atoms with Crippen LogP contribution in [0, 0.1) is 0 Å². The van der Waals surface area contributed by atoms with E-state index in [4.69, 9.17) is 11.6 Å². The Labute approximate surface area is 149 Å². The van der Waals surface area contributed by atoms with Gasteiger partial charge in [-0.2, -0.15) is 0 Å². The molecule has 0 fully saturated rings. The third kappa shape index (κ3) is 4.40. The minimum Gasteiger partial charge on any atom is -0.351 e. The largest absolute Gasteiger partial charge is 0.351 e. The zero-order valence-corrected chi connectivity index (χ0v) is 14.4. The maximum Gasteiger partial charge on any atom is 0.251 e. The molecular weight excluding hydrogens is 342 g/mol. The van der Waals surface area contributed by atoms with Gasteiger partial charge in [0.1, 0.15) is 0 Å². The third-order valence-electron chi connectivity index (χ3n) is 3.37. The van der Waals surface area contributed by atoms with Crippen LogP contribution in [0.1, 0.15) is 10.4 Å². The Bertz CT molecular complexity index is 803. The van der Waals surface area contributed by atoms with E-state index in [2.05, 4.69) is 15.3 Å².